The van der Waals surface area contributed by atoms with Gasteiger partial charge in [0.25, 0.3) is 0 Å². The van der Waals surface area contributed by atoms with Gasteiger partial charge in [0, 0.05) is 37.2 Å². The molecule has 0 saturated heterocycles. The molecule has 2 saturated carbocycles. The molecule has 0 spiro atoms. The molecule has 2 aromatic carbocycles. The number of nitrogens with one attached hydrogen (secondary N) is 4. The minimum absolute atomic E-state index is 0.0539. The number of hydrogen-bond donors (Lipinski definition) is 4. The van der Waals surface area contributed by atoms with E-state index in [-0.39, 0.29) is 11.4 Å². The predicted molar refractivity (Wildman–Crippen MR) is 215 cm³/mol. The summed E-state index contributed by atoms with van der Waals surface area (Å²) in [6, 6.07) is 1.97. The van der Waals surface area contributed by atoms with Crippen LogP contribution in [0, 0.1) is 34.3 Å². The summed E-state index contributed by atoms with van der Waals surface area (Å²) in [7, 11) is -8.27. The number of alkyl halides is 6. The average Bonchev–Trinajstić information content (AvgIpc) is 4.19. The van der Waals surface area contributed by atoms with Crippen molar-refractivity contribution in [3.05, 3.63) is 120 Å². The highest BCUT2D eigenvalue weighted by atomic mass is 32.2. The van der Waals surface area contributed by atoms with E-state index in [0.717, 1.165) is 48.5 Å². The average molecular weight is 971 g/mol. The smallest absolute Gasteiger partial charge is 0.336 e. The van der Waals surface area contributed by atoms with E-state index in [1.54, 1.807) is 0 Å². The second-order valence-corrected chi connectivity index (χ2v) is 19.6. The van der Waals surface area contributed by atoms with E-state index in [1.165, 1.54) is 37.2 Å². The van der Waals surface area contributed by atoms with Crippen molar-refractivity contribution in [3.63, 3.8) is 0 Å². The number of amides is 2. The molecule has 4 atom stereocenters. The topological polar surface area (TPSA) is 250 Å². The van der Waals surface area contributed by atoms with Gasteiger partial charge in [-0.05, 0) is 61.1 Å². The van der Waals surface area contributed by atoms with E-state index in [4.69, 9.17) is 0 Å². The van der Waals surface area contributed by atoms with E-state index >= 15 is 0 Å². The lowest BCUT2D eigenvalue weighted by atomic mass is 10.0. The minimum Gasteiger partial charge on any atom is -0.336 e. The zero-order chi connectivity index (χ0) is 48.6. The summed E-state index contributed by atoms with van der Waals surface area (Å²) in [5.41, 5.74) is -3.16. The maximum absolute atomic E-state index is 13.8. The van der Waals surface area contributed by atoms with Crippen LogP contribution >= 0.6 is 0 Å². The minimum atomic E-state index is -4.93. The highest BCUT2D eigenvalue weighted by Gasteiger charge is 2.50. The van der Waals surface area contributed by atoms with Gasteiger partial charge in [-0.1, -0.05) is 24.3 Å². The Balaban J connectivity index is 0.000000247. The maximum atomic E-state index is 13.8. The normalized spacial score (nSPS) is 16.9. The second-order valence-electron chi connectivity index (χ2n) is 15.4. The third-order valence-corrected chi connectivity index (χ3v) is 13.0. The molecule has 4 N–H and O–H groups in total. The van der Waals surface area contributed by atoms with Gasteiger partial charge in [-0.15, -0.1) is 0 Å². The number of rotatable bonds is 18. The van der Waals surface area contributed by atoms with Gasteiger partial charge in [0.2, 0.25) is 11.8 Å². The summed E-state index contributed by atoms with van der Waals surface area (Å²) < 4.78 is 160. The number of carbonyl (C=O) groups excluding carboxylic acids is 2. The molecule has 16 nitrogen and oxygen atoms in total. The van der Waals surface area contributed by atoms with Gasteiger partial charge in [0.05, 0.1) is 46.5 Å². The van der Waals surface area contributed by atoms with Crippen LogP contribution in [-0.4, -0.2) is 95.6 Å². The number of aromatic nitrogens is 4. The third-order valence-electron chi connectivity index (χ3n) is 9.89. The van der Waals surface area contributed by atoms with Crippen LogP contribution in [0.1, 0.15) is 60.3 Å². The first-order chi connectivity index (χ1) is 30.9. The first-order valence-electron chi connectivity index (χ1n) is 19.4. The summed E-state index contributed by atoms with van der Waals surface area (Å²) in [6.45, 7) is 0. The van der Waals surface area contributed by atoms with Crippen molar-refractivity contribution in [2.45, 2.75) is 84.8 Å². The first kappa shape index (κ1) is 50.8. The molecule has 2 fully saturated rings. The number of hydrogen-bond acceptors (Lipinski definition) is 14. The molecule has 4 aromatic rings. The Kier molecular flexibility index (Phi) is 15.8. The summed E-state index contributed by atoms with van der Waals surface area (Å²) in [4.78, 5) is 40.7. The second kappa shape index (κ2) is 20.5. The lowest BCUT2D eigenvalue weighted by Gasteiger charge is -2.28. The van der Waals surface area contributed by atoms with E-state index in [1.807, 2.05) is 12.1 Å². The van der Waals surface area contributed by atoms with Gasteiger partial charge in [-0.2, -0.15) is 36.9 Å². The molecule has 0 unspecified atom stereocenters. The third kappa shape index (κ3) is 14.9. The van der Waals surface area contributed by atoms with Crippen LogP contribution < -0.4 is 21.3 Å². The van der Waals surface area contributed by atoms with Gasteiger partial charge < -0.3 is 10.6 Å². The van der Waals surface area contributed by atoms with E-state index in [2.05, 4.69) is 41.2 Å². The molecule has 66 heavy (non-hydrogen) atoms. The van der Waals surface area contributed by atoms with Crippen LogP contribution in [0.2, 0.25) is 0 Å². The number of benzene rings is 2. The molecule has 2 aromatic heterocycles. The number of carbonyl (C=O) groups is 2. The molecule has 0 aliphatic heterocycles. The molecule has 352 valence electrons. The molecular weight excluding hydrogens is 933 g/mol. The lowest BCUT2D eigenvalue weighted by Crippen LogP contribution is -2.54. The molecule has 26 heteroatoms. The fourth-order valence-electron chi connectivity index (χ4n) is 6.18. The van der Waals surface area contributed by atoms with Gasteiger partial charge >= 0.3 is 12.4 Å². The largest absolute Gasteiger partial charge is 0.407 e. The van der Waals surface area contributed by atoms with Gasteiger partial charge in [0.15, 0.2) is 19.7 Å². The Morgan fingerprint density at radius 3 is 1.20 bits per heavy atom. The maximum Gasteiger partial charge on any atom is 0.407 e. The summed E-state index contributed by atoms with van der Waals surface area (Å²) in [6.07, 6.45) is -1.14. The molecule has 0 radical (unpaired) electrons. The van der Waals surface area contributed by atoms with Gasteiger partial charge in [-0.25, -0.2) is 25.6 Å². The van der Waals surface area contributed by atoms with Gasteiger partial charge in [0.1, 0.15) is 46.9 Å². The Hall–Kier alpha value is -6.22. The number of nitrogens with zero attached hydrogens (tertiary/aromatic N) is 6. The molecule has 2 aliphatic rings. The van der Waals surface area contributed by atoms with Crippen molar-refractivity contribution in [1.29, 1.82) is 10.5 Å². The van der Waals surface area contributed by atoms with E-state index < -0.39 is 125 Å². The number of sulfone groups is 2. The SMILES string of the molecule is N#CC1(NC(=O)[C@H](CS(=O)(=O)Cc2cnccn2)N[C@@H](c2ccc(F)cc2)C(F)(F)F)CC1.N#CC1(NC(=O)[C@H](CS(=O)(=O)Cc2cnccn2)N[C@H](c2ccc(F)cc2)C(F)(F)F)CC1. The molecular formula is C40H38F8N10O6S2. The molecule has 6 rings (SSSR count). The van der Waals surface area contributed by atoms with Crippen LogP contribution in [0.25, 0.3) is 0 Å². The molecule has 2 heterocycles. The predicted octanol–water partition coefficient (Wildman–Crippen LogP) is 3.93. The van der Waals surface area contributed by atoms with Crippen molar-refractivity contribution < 1.29 is 61.5 Å². The van der Waals surface area contributed by atoms with Gasteiger partial charge in [-0.3, -0.25) is 40.2 Å². The zero-order valence-electron chi connectivity index (χ0n) is 34.0. The van der Waals surface area contributed by atoms with Crippen molar-refractivity contribution in [2.75, 3.05) is 11.5 Å². The van der Waals surface area contributed by atoms with Crippen LogP contribution in [0.5, 0.6) is 0 Å². The Bertz CT molecular complexity index is 2450. The highest BCUT2D eigenvalue weighted by molar-refractivity contribution is 7.90. The lowest BCUT2D eigenvalue weighted by molar-refractivity contribution is -0.161. The fraction of sp³-hybridized carbons (Fsp3) is 0.400. The summed E-state index contributed by atoms with van der Waals surface area (Å²) in [5.74, 6) is -6.93. The molecule has 2 aliphatic carbocycles. The highest BCUT2D eigenvalue weighted by Crippen LogP contribution is 2.37. The fourth-order valence-corrected chi connectivity index (χ4v) is 9.13. The number of halogens is 8. The van der Waals surface area contributed by atoms with Crippen LogP contribution in [0.3, 0.4) is 0 Å². The standard InChI is InChI=1S/2C20H19F4N5O3S/c2*21-14-3-1-13(2-4-14)17(20(22,23)24)28-16(18(30)29-19(12-25)5-6-19)11-33(31,32)10-15-9-26-7-8-27-15/h2*1-4,7-9,16-17,28H,5-6,10-11H2,(H,29,30)/t16-,17+;16-,17-/m00/s1. The quantitative estimate of drug-likeness (QED) is 0.103. The Morgan fingerprint density at radius 1 is 0.606 bits per heavy atom. The monoisotopic (exact) mass is 970 g/mol. The van der Waals surface area contributed by atoms with E-state index in [9.17, 15) is 72.1 Å². The van der Waals surface area contributed by atoms with Crippen LogP contribution in [0.15, 0.2) is 85.7 Å². The van der Waals surface area contributed by atoms with Crippen molar-refractivity contribution in [3.8, 4) is 12.1 Å². The summed E-state index contributed by atoms with van der Waals surface area (Å²) >= 11 is 0. The van der Waals surface area contributed by atoms with E-state index in [0.29, 0.717) is 25.7 Å². The Morgan fingerprint density at radius 2 is 0.939 bits per heavy atom. The zero-order valence-corrected chi connectivity index (χ0v) is 35.7. The summed E-state index contributed by atoms with van der Waals surface area (Å²) in [5, 5.41) is 27.2. The van der Waals surface area contributed by atoms with Crippen molar-refractivity contribution in [1.82, 2.24) is 41.2 Å². The van der Waals surface area contributed by atoms with Crippen LogP contribution in [0.4, 0.5) is 35.1 Å². The first-order valence-corrected chi connectivity index (χ1v) is 23.0. The molecule has 2 amide bonds. The van der Waals surface area contributed by atoms with Crippen molar-refractivity contribution in [2.24, 2.45) is 0 Å². The Labute approximate surface area is 372 Å². The molecule has 0 bridgehead atoms. The van der Waals surface area contributed by atoms with Crippen LogP contribution in [-0.2, 0) is 40.8 Å². The number of nitriles is 2. The van der Waals surface area contributed by atoms with Crippen molar-refractivity contribution >= 4 is 31.5 Å².